The molecular weight excluding hydrogens is 1920 g/mol. The van der Waals surface area contributed by atoms with Gasteiger partial charge in [0, 0.05) is 245 Å². The number of Topliss-reactive ketones (excluding diaryl/α,β-unsaturated/α-hetero) is 4. The summed E-state index contributed by atoms with van der Waals surface area (Å²) >= 11 is 0. The van der Waals surface area contributed by atoms with Crippen LogP contribution in [0.5, 0.6) is 23.0 Å². The molecule has 24 rings (SSSR count). The van der Waals surface area contributed by atoms with E-state index in [1.165, 1.54) is 51.7 Å². The Morgan fingerprint density at radius 2 is 0.589 bits per heavy atom. The molecule has 1 amide bonds. The second-order valence-corrected chi connectivity index (χ2v) is 43.6. The first-order valence-corrected chi connectivity index (χ1v) is 53.9. The maximum atomic E-state index is 12.0. The molecule has 2 unspecified atom stereocenters. The number of carbonyl (C=O) groups is 5. The van der Waals surface area contributed by atoms with Gasteiger partial charge in [0.25, 0.3) is 0 Å². The minimum atomic E-state index is -3.11. The summed E-state index contributed by atoms with van der Waals surface area (Å²) in [5, 5.41) is 26.5. The van der Waals surface area contributed by atoms with Crippen LogP contribution >= 0.6 is 27.0 Å². The average Bonchev–Trinajstić information content (AvgIpc) is 1.68. The van der Waals surface area contributed by atoms with Crippen LogP contribution in [-0.2, 0) is 19.6 Å². The third-order valence-corrected chi connectivity index (χ3v) is 32.3. The number of nitrogens with one attached hydrogen (secondary N) is 8. The Bertz CT molecular complexity index is 6160. The zero-order valence-electron chi connectivity index (χ0n) is 84.8. The molecule has 4 aliphatic carbocycles. The number of ether oxygens (including phenoxy) is 5. The van der Waals surface area contributed by atoms with Gasteiger partial charge in [-0.15, -0.1) is 0 Å². The number of hydrogen-bond donors (Lipinski definition) is 8. The van der Waals surface area contributed by atoms with Gasteiger partial charge >= 0.3 is 0 Å². The molecule has 4 aromatic heterocycles. The summed E-state index contributed by atoms with van der Waals surface area (Å²) in [4.78, 5) is 120. The molecule has 146 heavy (non-hydrogen) atoms. The molecule has 8 N–H and O–H groups in total. The standard InChI is InChI=1S/C27H35N7O3.C26H35N7O4S.C26H35N7O2.C25H32N6O3.2H2S/c1-17(35)23-14-28-27(31-26(23)29-19-3-4-19)30-20-5-6-24-25(13-20)37-16-22-15-33(11-12-34(22)24)21-7-9-32(10-8-21)18(2)36;1-17(34)22-14-27-26(30-25(22)28-18-3-4-18)29-19-5-6-23-24(13-19)37-16-21-15-31(11-12-33(21)23)20-7-9-32(10-8-20)38(2,35)36;1-17(34)22-14-27-26(30-25(22)28-18-3-4-18)29-19-5-6-23-24(13-19)35-16-21-15-32(11-12-33(21)23)20-7-9-31(2)10-8-20;1-16(32)21-13-26-25(29-24(21)27-17-2-3-17)28-18-4-5-22-23(12-18)34-15-20-14-30(8-9-31(20)22)19-6-10-33-11-7-19;;/h5-6,13-14,19,21-22H,3-4,7-12,15-16H2,1-2H3,(H2,28,29,30,31);5-6,13-14,18,20-21H,3-4,7-12,15-16H2,1-2H3,(H2,27,28,29,30);5-6,13-14,18,20-21H,3-4,7-12,15-16H2,1-2H3,(H2,27,28,29,30);4-5,12-13,17,19-20H,2-3,6-11,14-15H2,1H3,(H2,26,27,28,29);2*1H2/t;;21-;20-;;/m..00../s1. The first kappa shape index (κ1) is 103. The molecule has 12 fully saturated rings. The second kappa shape index (κ2) is 45.3. The fraction of sp³-hybridized carbons (Fsp3) is 0.567. The van der Waals surface area contributed by atoms with Crippen LogP contribution in [0.1, 0.15) is 179 Å². The van der Waals surface area contributed by atoms with E-state index in [1.807, 2.05) is 47.4 Å². The van der Waals surface area contributed by atoms with Crippen molar-refractivity contribution in [1.29, 1.82) is 0 Å². The van der Waals surface area contributed by atoms with Gasteiger partial charge in [-0.05, 0) is 199 Å². The number of likely N-dealkylation sites (tertiary alicyclic amines) is 2. The van der Waals surface area contributed by atoms with Crippen molar-refractivity contribution in [2.75, 3.05) is 233 Å². The topological polar surface area (TPSA) is 401 Å². The van der Waals surface area contributed by atoms with Crippen molar-refractivity contribution in [3.63, 3.8) is 0 Å². The van der Waals surface area contributed by atoms with Crippen molar-refractivity contribution >= 4 is 159 Å². The summed E-state index contributed by atoms with van der Waals surface area (Å²) in [5.74, 6) is 7.68. The van der Waals surface area contributed by atoms with Gasteiger partial charge in [0.1, 0.15) is 72.7 Å². The lowest BCUT2D eigenvalue weighted by Crippen LogP contribution is -2.60. The van der Waals surface area contributed by atoms with E-state index in [2.05, 4.69) is 164 Å². The van der Waals surface area contributed by atoms with Crippen molar-refractivity contribution in [3.05, 3.63) is 120 Å². The Kier molecular flexibility index (Phi) is 32.0. The molecule has 0 radical (unpaired) electrons. The minimum absolute atomic E-state index is 0. The van der Waals surface area contributed by atoms with Gasteiger partial charge in [-0.3, -0.25) is 43.6 Å². The number of ketones is 4. The molecule has 8 saturated heterocycles. The predicted octanol–water partition coefficient (Wildman–Crippen LogP) is 11.5. The molecule has 16 aliphatic rings. The van der Waals surface area contributed by atoms with Gasteiger partial charge in [0.2, 0.25) is 39.7 Å². The van der Waals surface area contributed by atoms with E-state index in [0.717, 1.165) is 258 Å². The van der Waals surface area contributed by atoms with Crippen LogP contribution in [0.4, 0.5) is 92.6 Å². The first-order chi connectivity index (χ1) is 69.8. The molecule has 4 aromatic carbocycles. The lowest BCUT2D eigenvalue weighted by atomic mass is 9.99. The summed E-state index contributed by atoms with van der Waals surface area (Å²) in [6.45, 7) is 29.6. The van der Waals surface area contributed by atoms with Crippen molar-refractivity contribution < 1.29 is 56.1 Å². The summed E-state index contributed by atoms with van der Waals surface area (Å²) in [6, 6.07) is 29.9. The number of rotatable bonds is 25. The number of carbonyl (C=O) groups excluding carboxylic acids is 5. The summed E-state index contributed by atoms with van der Waals surface area (Å²) in [6.07, 6.45) is 25.1. The molecule has 39 nitrogen and oxygen atoms in total. The van der Waals surface area contributed by atoms with E-state index >= 15 is 0 Å². The number of fused-ring (bicyclic) bond motifs is 12. The maximum Gasteiger partial charge on any atom is 0.229 e. The highest BCUT2D eigenvalue weighted by atomic mass is 32.2. The van der Waals surface area contributed by atoms with Crippen molar-refractivity contribution in [2.24, 2.45) is 0 Å². The Labute approximate surface area is 868 Å². The van der Waals surface area contributed by atoms with E-state index in [-0.39, 0.29) is 62.1 Å². The van der Waals surface area contributed by atoms with Gasteiger partial charge in [0.05, 0.1) is 75.4 Å². The van der Waals surface area contributed by atoms with Crippen molar-refractivity contribution in [1.82, 2.24) is 73.6 Å². The first-order valence-electron chi connectivity index (χ1n) is 52.1. The van der Waals surface area contributed by atoms with Crippen LogP contribution in [0.3, 0.4) is 0 Å². The lowest BCUT2D eigenvalue weighted by molar-refractivity contribution is -0.130. The fourth-order valence-electron chi connectivity index (χ4n) is 22.1. The van der Waals surface area contributed by atoms with Crippen LogP contribution < -0.4 is 81.1 Å². The van der Waals surface area contributed by atoms with Gasteiger partial charge in [-0.25, -0.2) is 32.7 Å². The van der Waals surface area contributed by atoms with Crippen molar-refractivity contribution in [2.45, 2.75) is 210 Å². The number of amides is 1. The summed E-state index contributed by atoms with van der Waals surface area (Å²) < 4.78 is 55.8. The van der Waals surface area contributed by atoms with Crippen LogP contribution in [-0.4, -0.2) is 354 Å². The monoisotopic (exact) mass is 2060 g/mol. The number of piperazine rings is 4. The van der Waals surface area contributed by atoms with Gasteiger partial charge in [-0.1, -0.05) is 0 Å². The minimum Gasteiger partial charge on any atom is -0.489 e. The molecule has 12 aliphatic heterocycles. The maximum absolute atomic E-state index is 12.0. The number of benzene rings is 4. The molecule has 4 saturated carbocycles. The predicted molar refractivity (Wildman–Crippen MR) is 576 cm³/mol. The third-order valence-electron chi connectivity index (χ3n) is 31.0. The second-order valence-electron chi connectivity index (χ2n) is 41.6. The zero-order chi connectivity index (χ0) is 99.0. The van der Waals surface area contributed by atoms with Crippen LogP contribution in [0.15, 0.2) is 97.6 Å². The van der Waals surface area contributed by atoms with Gasteiger partial charge < -0.3 is 95.6 Å². The number of nitrogens with zero attached hydrogens (tertiary/aromatic N) is 19. The molecule has 16 heterocycles. The van der Waals surface area contributed by atoms with E-state index < -0.39 is 10.0 Å². The molecule has 8 aromatic rings. The number of hydrogen-bond acceptors (Lipinski definition) is 37. The molecule has 0 bridgehead atoms. The number of aromatic nitrogens is 8. The largest absolute Gasteiger partial charge is 0.489 e. The van der Waals surface area contributed by atoms with Crippen molar-refractivity contribution in [3.8, 4) is 23.0 Å². The van der Waals surface area contributed by atoms with Gasteiger partial charge in [-0.2, -0.15) is 46.9 Å². The Morgan fingerprint density at radius 3 is 0.842 bits per heavy atom. The van der Waals surface area contributed by atoms with E-state index in [4.69, 9.17) is 23.7 Å². The Hall–Kier alpha value is -11.5. The molecule has 4 atom stereocenters. The zero-order valence-corrected chi connectivity index (χ0v) is 87.6. The molecule has 782 valence electrons. The van der Waals surface area contributed by atoms with Crippen LogP contribution in [0.2, 0.25) is 0 Å². The summed E-state index contributed by atoms with van der Waals surface area (Å²) in [7, 11) is -0.887. The van der Waals surface area contributed by atoms with Gasteiger partial charge in [0.15, 0.2) is 23.1 Å². The van der Waals surface area contributed by atoms with Crippen LogP contribution in [0.25, 0.3) is 0 Å². The summed E-state index contributed by atoms with van der Waals surface area (Å²) in [5.41, 5.74) is 10.0. The average molecular weight is 2060 g/mol. The SMILES string of the molecule is CC(=O)c1cnc(Nc2ccc3c(c2)OCC2CN(C4CCN(C(C)=O)CC4)CCN32)nc1NC1CC1.CC(=O)c1cnc(Nc2ccc3c(c2)OCC2CN(C4CCN(S(C)(=O)=O)CC4)CCN32)nc1NC1CC1.CC(=O)c1cnc(Nc2ccc3c(c2)OC[C@@H]2CN(C4CCN(C)CC4)CCN32)nc1NC1CC1.CC(=O)c1cnc(Nc2ccc3c(c2)OC[C@@H]2CN(C4CCOCC4)CCN32)nc1NC1CC1.S.S. The number of piperidine rings is 3. The fourth-order valence-corrected chi connectivity index (χ4v) is 23.0. The van der Waals surface area contributed by atoms with Crippen LogP contribution in [0, 0.1) is 0 Å². The highest BCUT2D eigenvalue weighted by molar-refractivity contribution is 7.88. The lowest BCUT2D eigenvalue weighted by Gasteiger charge is -2.49. The van der Waals surface area contributed by atoms with E-state index in [9.17, 15) is 32.4 Å². The quantitative estimate of drug-likeness (QED) is 0.0246. The normalized spacial score (nSPS) is 22.4. The van der Waals surface area contributed by atoms with E-state index in [1.54, 1.807) is 49.9 Å². The molecule has 42 heteroatoms. The number of sulfonamides is 1. The molecule has 0 spiro atoms. The highest BCUT2D eigenvalue weighted by Gasteiger charge is 2.44. The Morgan fingerprint density at radius 1 is 0.329 bits per heavy atom. The molecular formula is C104H141N27O12S3. The highest BCUT2D eigenvalue weighted by Crippen LogP contribution is 2.46. The van der Waals surface area contributed by atoms with E-state index in [0.29, 0.717) is 175 Å². The number of anilines is 16. The third kappa shape index (κ3) is 24.7. The Balaban J connectivity index is 0.000000122. The smallest absolute Gasteiger partial charge is 0.229 e.